The lowest BCUT2D eigenvalue weighted by Gasteiger charge is -2.09. The molecule has 0 bridgehead atoms. The number of nitrogens with one attached hydrogen (secondary N) is 1. The summed E-state index contributed by atoms with van der Waals surface area (Å²) in [6.45, 7) is 1.07. The van der Waals surface area contributed by atoms with Crippen molar-refractivity contribution in [3.8, 4) is 0 Å². The maximum absolute atomic E-state index is 11.8. The Bertz CT molecular complexity index is 440. The lowest BCUT2D eigenvalue weighted by Crippen LogP contribution is -2.15. The molecule has 0 unspecified atom stereocenters. The monoisotopic (exact) mass is 315 g/mol. The smallest absolute Gasteiger partial charge is 0.224 e. The Labute approximate surface area is 130 Å². The first-order valence-corrected chi connectivity index (χ1v) is 8.09. The highest BCUT2D eigenvalue weighted by molar-refractivity contribution is 7.99. The molecule has 0 aromatic heterocycles. The summed E-state index contributed by atoms with van der Waals surface area (Å²) in [5, 5.41) is 3.36. The highest BCUT2D eigenvalue weighted by Crippen LogP contribution is 2.23. The maximum atomic E-state index is 11.8. The van der Waals surface area contributed by atoms with Crippen LogP contribution in [0, 0.1) is 0 Å². The highest BCUT2D eigenvalue weighted by Gasteiger charge is 2.06. The van der Waals surface area contributed by atoms with Gasteiger partial charge in [0.15, 0.2) is 0 Å². The molecule has 3 N–H and O–H groups in total. The predicted molar refractivity (Wildman–Crippen MR) is 89.6 cm³/mol. The van der Waals surface area contributed by atoms with Crippen LogP contribution in [0.1, 0.15) is 12.8 Å². The summed E-state index contributed by atoms with van der Waals surface area (Å²) in [5.74, 6) is 2.06. The van der Waals surface area contributed by atoms with Gasteiger partial charge in [0.1, 0.15) is 0 Å². The molecule has 1 aromatic rings. The number of hydrogen-bond acceptors (Lipinski definition) is 4. The first-order chi connectivity index (χ1) is 9.49. The summed E-state index contributed by atoms with van der Waals surface area (Å²) in [4.78, 5) is 13.9. The summed E-state index contributed by atoms with van der Waals surface area (Å²) in [5.41, 5.74) is 6.89. The number of nitrogens with two attached hydrogens (primary N) is 1. The van der Waals surface area contributed by atoms with Crippen LogP contribution in [-0.2, 0) is 4.79 Å². The molecule has 0 aliphatic rings. The van der Waals surface area contributed by atoms with Gasteiger partial charge in [-0.25, -0.2) is 0 Å². The minimum absolute atomic E-state index is 0.0211. The van der Waals surface area contributed by atoms with Crippen LogP contribution in [0.15, 0.2) is 18.2 Å². The van der Waals surface area contributed by atoms with Crippen LogP contribution in [-0.4, -0.2) is 43.0 Å². The Kier molecular flexibility index (Phi) is 7.80. The zero-order chi connectivity index (χ0) is 15.0. The molecule has 1 amide bonds. The van der Waals surface area contributed by atoms with Gasteiger partial charge in [-0.2, -0.15) is 11.8 Å². The van der Waals surface area contributed by atoms with Crippen molar-refractivity contribution in [1.82, 2.24) is 4.90 Å². The van der Waals surface area contributed by atoms with E-state index in [9.17, 15) is 4.79 Å². The number of halogens is 1. The highest BCUT2D eigenvalue weighted by atomic mass is 35.5. The molecule has 0 fully saturated rings. The average Bonchev–Trinajstić information content (AvgIpc) is 2.37. The van der Waals surface area contributed by atoms with Crippen molar-refractivity contribution < 1.29 is 4.79 Å². The van der Waals surface area contributed by atoms with E-state index in [2.05, 4.69) is 24.3 Å². The van der Waals surface area contributed by atoms with Crippen LogP contribution in [0.3, 0.4) is 0 Å². The molecule has 112 valence electrons. The van der Waals surface area contributed by atoms with E-state index >= 15 is 0 Å². The molecule has 0 saturated carbocycles. The van der Waals surface area contributed by atoms with Crippen LogP contribution in [0.4, 0.5) is 11.4 Å². The molecular weight excluding hydrogens is 294 g/mol. The van der Waals surface area contributed by atoms with E-state index in [1.807, 2.05) is 11.8 Å². The number of carbonyl (C=O) groups excluding carboxylic acids is 1. The van der Waals surface area contributed by atoms with Gasteiger partial charge in [0.05, 0.1) is 11.4 Å². The molecule has 0 aliphatic carbocycles. The summed E-state index contributed by atoms with van der Waals surface area (Å²) < 4.78 is 0. The first-order valence-electron chi connectivity index (χ1n) is 6.56. The number of benzene rings is 1. The Morgan fingerprint density at radius 1 is 1.40 bits per heavy atom. The molecule has 4 nitrogen and oxygen atoms in total. The number of carbonyl (C=O) groups is 1. The first kappa shape index (κ1) is 17.1. The van der Waals surface area contributed by atoms with E-state index in [-0.39, 0.29) is 5.91 Å². The van der Waals surface area contributed by atoms with Crippen LogP contribution in [0.25, 0.3) is 0 Å². The second kappa shape index (κ2) is 9.10. The Morgan fingerprint density at radius 3 is 2.85 bits per heavy atom. The maximum Gasteiger partial charge on any atom is 0.224 e. The summed E-state index contributed by atoms with van der Waals surface area (Å²) in [6, 6.07) is 5.06. The molecule has 1 aromatic carbocycles. The van der Waals surface area contributed by atoms with Gasteiger partial charge < -0.3 is 16.0 Å². The Balaban J connectivity index is 2.22. The number of thioether (sulfide) groups is 1. The minimum Gasteiger partial charge on any atom is -0.397 e. The van der Waals surface area contributed by atoms with Gasteiger partial charge in [0, 0.05) is 23.7 Å². The lowest BCUT2D eigenvalue weighted by atomic mass is 10.2. The van der Waals surface area contributed by atoms with E-state index in [0.29, 0.717) is 22.8 Å². The van der Waals surface area contributed by atoms with Crippen molar-refractivity contribution in [2.24, 2.45) is 0 Å². The summed E-state index contributed by atoms with van der Waals surface area (Å²) >= 11 is 7.74. The second-order valence-corrected chi connectivity index (χ2v) is 6.46. The van der Waals surface area contributed by atoms with Crippen molar-refractivity contribution in [1.29, 1.82) is 0 Å². The van der Waals surface area contributed by atoms with Crippen LogP contribution < -0.4 is 11.1 Å². The Morgan fingerprint density at radius 2 is 2.15 bits per heavy atom. The molecule has 1 rings (SSSR count). The number of nitrogen functional groups attached to an aromatic ring is 1. The molecular formula is C14H22ClN3OS. The van der Waals surface area contributed by atoms with Gasteiger partial charge in [0.2, 0.25) is 5.91 Å². The van der Waals surface area contributed by atoms with Gasteiger partial charge in [-0.3, -0.25) is 4.79 Å². The van der Waals surface area contributed by atoms with E-state index < -0.39 is 0 Å². The number of anilines is 2. The van der Waals surface area contributed by atoms with Crippen molar-refractivity contribution in [3.05, 3.63) is 23.2 Å². The Hall–Kier alpha value is -0.910. The van der Waals surface area contributed by atoms with Crippen molar-refractivity contribution in [3.63, 3.8) is 0 Å². The largest absolute Gasteiger partial charge is 0.397 e. The fourth-order valence-corrected chi connectivity index (χ4v) is 2.75. The molecule has 6 heteroatoms. The fourth-order valence-electron chi connectivity index (χ4n) is 1.53. The quantitative estimate of drug-likeness (QED) is 0.572. The predicted octanol–water partition coefficient (Wildman–Crippen LogP) is 2.94. The third kappa shape index (κ3) is 7.03. The number of nitrogens with zero attached hydrogens (tertiary/aromatic N) is 1. The van der Waals surface area contributed by atoms with Crippen LogP contribution in [0.2, 0.25) is 5.02 Å². The van der Waals surface area contributed by atoms with Crippen molar-refractivity contribution in [2.45, 2.75) is 12.8 Å². The van der Waals surface area contributed by atoms with Crippen LogP contribution >= 0.6 is 23.4 Å². The molecule has 0 atom stereocenters. The standard InChI is InChI=1S/C14H22ClN3OS/c1-18(2)7-9-20-8-3-4-14(19)17-13-10-11(15)5-6-12(13)16/h5-6,10H,3-4,7-9,16H2,1-2H3,(H,17,19). The van der Waals surface area contributed by atoms with Crippen LogP contribution in [0.5, 0.6) is 0 Å². The number of hydrogen-bond donors (Lipinski definition) is 2. The van der Waals surface area contributed by atoms with E-state index in [4.69, 9.17) is 17.3 Å². The van der Waals surface area contributed by atoms with Crippen molar-refractivity contribution in [2.75, 3.05) is 43.2 Å². The number of rotatable bonds is 8. The molecule has 0 heterocycles. The summed E-state index contributed by atoms with van der Waals surface area (Å²) in [7, 11) is 4.12. The lowest BCUT2D eigenvalue weighted by molar-refractivity contribution is -0.116. The fraction of sp³-hybridized carbons (Fsp3) is 0.500. The van der Waals surface area contributed by atoms with E-state index in [1.54, 1.807) is 18.2 Å². The minimum atomic E-state index is -0.0211. The van der Waals surface area contributed by atoms with Gasteiger partial charge >= 0.3 is 0 Å². The molecule has 0 aliphatic heterocycles. The molecule has 0 spiro atoms. The topological polar surface area (TPSA) is 58.4 Å². The van der Waals surface area contributed by atoms with Gasteiger partial charge in [-0.05, 0) is 44.5 Å². The molecule has 0 radical (unpaired) electrons. The molecule has 0 saturated heterocycles. The third-order valence-corrected chi connectivity index (χ3v) is 3.95. The molecule has 20 heavy (non-hydrogen) atoms. The van der Waals surface area contributed by atoms with Gasteiger partial charge in [-0.15, -0.1) is 0 Å². The van der Waals surface area contributed by atoms with E-state index in [0.717, 1.165) is 24.5 Å². The average molecular weight is 316 g/mol. The third-order valence-electron chi connectivity index (χ3n) is 2.66. The second-order valence-electron chi connectivity index (χ2n) is 4.80. The number of amides is 1. The normalized spacial score (nSPS) is 10.8. The zero-order valence-electron chi connectivity index (χ0n) is 12.0. The zero-order valence-corrected chi connectivity index (χ0v) is 13.6. The van der Waals surface area contributed by atoms with Gasteiger partial charge in [0.25, 0.3) is 0 Å². The van der Waals surface area contributed by atoms with Gasteiger partial charge in [-0.1, -0.05) is 11.6 Å². The SMILES string of the molecule is CN(C)CCSCCCC(=O)Nc1cc(Cl)ccc1N. The van der Waals surface area contributed by atoms with Crippen molar-refractivity contribution >= 4 is 40.6 Å². The van der Waals surface area contributed by atoms with E-state index in [1.165, 1.54) is 0 Å². The summed E-state index contributed by atoms with van der Waals surface area (Å²) in [6.07, 6.45) is 1.37.